The van der Waals surface area contributed by atoms with Crippen molar-refractivity contribution in [2.75, 3.05) is 38.8 Å². The quantitative estimate of drug-likeness (QED) is 0.0839. The van der Waals surface area contributed by atoms with Gasteiger partial charge in [-0.15, -0.1) is 0 Å². The van der Waals surface area contributed by atoms with Crippen LogP contribution in [0.1, 0.15) is 63.8 Å². The minimum absolute atomic E-state index is 0.0249. The Balaban J connectivity index is 1.90. The number of hydrogen-bond acceptors (Lipinski definition) is 4. The summed E-state index contributed by atoms with van der Waals surface area (Å²) in [6, 6.07) is 7.19. The predicted molar refractivity (Wildman–Crippen MR) is 170 cm³/mol. The van der Waals surface area contributed by atoms with Crippen LogP contribution in [0.4, 0.5) is 37.7 Å². The molecular weight excluding hydrogens is 622 g/mol. The van der Waals surface area contributed by atoms with Crippen LogP contribution in [0.5, 0.6) is 0 Å². The topological polar surface area (TPSA) is 41.8 Å². The Bertz CT molecular complexity index is 1680. The van der Waals surface area contributed by atoms with Crippen LogP contribution in [0.2, 0.25) is 0 Å². The molecule has 0 saturated heterocycles. The van der Waals surface area contributed by atoms with E-state index in [2.05, 4.69) is 6.58 Å². The maximum absolute atomic E-state index is 14.3. The van der Waals surface area contributed by atoms with Gasteiger partial charge >= 0.3 is 12.4 Å². The van der Waals surface area contributed by atoms with Crippen molar-refractivity contribution in [3.63, 3.8) is 0 Å². The minimum Gasteiger partial charge on any atom is -0.497 e. The fraction of sp³-hybridized carbons (Fsp3) is 0.444. The van der Waals surface area contributed by atoms with Crippen molar-refractivity contribution < 1.29 is 45.2 Å². The van der Waals surface area contributed by atoms with Crippen LogP contribution < -0.4 is 4.90 Å². The van der Waals surface area contributed by atoms with Gasteiger partial charge in [0.15, 0.2) is 18.0 Å². The fourth-order valence-electron chi connectivity index (χ4n) is 6.35. The Kier molecular flexibility index (Phi) is 9.67. The molecule has 11 heteroatoms. The lowest BCUT2D eigenvalue weighted by molar-refractivity contribution is -0.441. The van der Waals surface area contributed by atoms with Gasteiger partial charge in [-0.1, -0.05) is 34.3 Å². The van der Waals surface area contributed by atoms with Gasteiger partial charge in [-0.2, -0.15) is 30.9 Å². The average molecular weight is 664 g/mol. The van der Waals surface area contributed by atoms with Crippen LogP contribution in [0.3, 0.4) is 0 Å². The van der Waals surface area contributed by atoms with Gasteiger partial charge < -0.3 is 14.4 Å². The highest BCUT2D eigenvalue weighted by Gasteiger charge is 2.47. The van der Waals surface area contributed by atoms with Crippen molar-refractivity contribution in [1.29, 1.82) is 0 Å². The monoisotopic (exact) mass is 663 g/mol. The van der Waals surface area contributed by atoms with E-state index in [1.54, 1.807) is 33.8 Å². The molecule has 2 aliphatic rings. The number of nitrogens with zero attached hydrogens (tertiary/aromatic N) is 2. The molecule has 0 radical (unpaired) electrons. The summed E-state index contributed by atoms with van der Waals surface area (Å²) in [7, 11) is 2.87. The Labute approximate surface area is 271 Å². The predicted octanol–water partition coefficient (Wildman–Crippen LogP) is 8.74. The summed E-state index contributed by atoms with van der Waals surface area (Å²) in [5.74, 6) is -0.387. The first kappa shape index (κ1) is 36.0. The van der Waals surface area contributed by atoms with Gasteiger partial charge in [0.2, 0.25) is 5.69 Å². The van der Waals surface area contributed by atoms with Crippen LogP contribution in [0.25, 0.3) is 0 Å². The van der Waals surface area contributed by atoms with Gasteiger partial charge in [-0.05, 0) is 55.7 Å². The average Bonchev–Trinajstić information content (AvgIpc) is 3.30. The summed E-state index contributed by atoms with van der Waals surface area (Å²) >= 11 is 0. The number of ether oxygens (including phenoxy) is 2. The van der Waals surface area contributed by atoms with E-state index < -0.39 is 40.1 Å². The van der Waals surface area contributed by atoms with Crippen LogP contribution in [0, 0.1) is 5.92 Å². The number of ketones is 1. The number of benzene rings is 2. The van der Waals surface area contributed by atoms with E-state index >= 15 is 0 Å². The molecule has 0 bridgehead atoms. The van der Waals surface area contributed by atoms with Crippen molar-refractivity contribution in [3.8, 4) is 0 Å². The Morgan fingerprint density at radius 2 is 1.51 bits per heavy atom. The number of alkyl halides is 6. The number of halogens is 6. The van der Waals surface area contributed by atoms with Crippen molar-refractivity contribution in [1.82, 2.24) is 0 Å². The van der Waals surface area contributed by atoms with Gasteiger partial charge in [-0.25, -0.2) is 0 Å². The van der Waals surface area contributed by atoms with Gasteiger partial charge in [0, 0.05) is 54.2 Å². The number of methoxy groups -OCH3 is 2. The molecule has 0 fully saturated rings. The lowest BCUT2D eigenvalue weighted by Crippen LogP contribution is -2.31. The van der Waals surface area contributed by atoms with E-state index in [0.717, 1.165) is 24.3 Å². The molecule has 0 saturated carbocycles. The lowest BCUT2D eigenvalue weighted by atomic mass is 9.79. The molecule has 47 heavy (non-hydrogen) atoms. The highest BCUT2D eigenvalue weighted by Crippen LogP contribution is 2.50. The van der Waals surface area contributed by atoms with E-state index in [-0.39, 0.29) is 30.4 Å². The fourth-order valence-corrected chi connectivity index (χ4v) is 6.35. The molecule has 0 aliphatic carbocycles. The Hall–Kier alpha value is -3.86. The molecule has 0 aromatic heterocycles. The third-order valence-corrected chi connectivity index (χ3v) is 8.87. The Morgan fingerprint density at radius 1 is 0.936 bits per heavy atom. The van der Waals surface area contributed by atoms with E-state index in [0.29, 0.717) is 40.5 Å². The number of hydrogen-bond donors (Lipinski definition) is 0. The second-order valence-electron chi connectivity index (χ2n) is 13.3. The van der Waals surface area contributed by atoms with E-state index in [4.69, 9.17) is 9.47 Å². The number of carbonyl (C=O) groups excluding carboxylic acids is 1. The van der Waals surface area contributed by atoms with E-state index in [9.17, 15) is 31.1 Å². The number of rotatable bonds is 10. The zero-order chi connectivity index (χ0) is 35.3. The summed E-state index contributed by atoms with van der Waals surface area (Å²) in [5.41, 5.74) is -0.416. The van der Waals surface area contributed by atoms with E-state index in [1.807, 2.05) is 23.3 Å². The second kappa shape index (κ2) is 12.6. The maximum Gasteiger partial charge on any atom is 0.416 e. The molecule has 2 heterocycles. The van der Waals surface area contributed by atoms with Crippen LogP contribution in [-0.2, 0) is 37.5 Å². The minimum atomic E-state index is -4.55. The molecule has 4 rings (SSSR count). The molecule has 0 N–H and O–H groups in total. The number of anilines is 1. The van der Waals surface area contributed by atoms with Gasteiger partial charge in [0.1, 0.15) is 12.4 Å². The number of allylic oxidation sites excluding steroid dienone is 4. The molecule has 5 nitrogen and oxygen atoms in total. The number of fused-ring (bicyclic) bond motifs is 2. The smallest absolute Gasteiger partial charge is 0.416 e. The van der Waals surface area contributed by atoms with Crippen molar-refractivity contribution in [2.24, 2.45) is 5.92 Å². The standard InChI is InChI=1S/C36H41F6N2O3/c1-21(2)20-44-29-13-11-24(36(40,41)42)17-27(29)34(6,7)32(44)19-30(45)25(22(3)47-9)18-31-33(4,5)26-16-23(35(37,38)39)10-12-28(26)43(31)14-15-46-8/h10-13,16-19,21H,3,14-15,20H2,1-2,4-9H3/q+1/b25-18+,32-19-. The summed E-state index contributed by atoms with van der Waals surface area (Å²) < 4.78 is 94.9. The van der Waals surface area contributed by atoms with E-state index in [1.165, 1.54) is 32.4 Å². The molecule has 254 valence electrons. The van der Waals surface area contributed by atoms with Crippen molar-refractivity contribution >= 4 is 22.9 Å². The molecule has 0 spiro atoms. The van der Waals surface area contributed by atoms with Crippen molar-refractivity contribution in [2.45, 2.75) is 64.7 Å². The summed E-state index contributed by atoms with van der Waals surface area (Å²) in [6.45, 7) is 16.0. The molecule has 0 atom stereocenters. The third-order valence-electron chi connectivity index (χ3n) is 8.87. The second-order valence-corrected chi connectivity index (χ2v) is 13.3. The largest absolute Gasteiger partial charge is 0.497 e. The normalized spacial score (nSPS) is 18.2. The summed E-state index contributed by atoms with van der Waals surface area (Å²) in [4.78, 5) is 16.1. The molecule has 2 aromatic carbocycles. The molecular formula is C36H41F6N2O3+. The number of carbonyl (C=O) groups is 1. The first-order valence-corrected chi connectivity index (χ1v) is 15.2. The highest BCUT2D eigenvalue weighted by molar-refractivity contribution is 6.14. The zero-order valence-electron chi connectivity index (χ0n) is 27.9. The maximum atomic E-state index is 14.3. The summed E-state index contributed by atoms with van der Waals surface area (Å²) in [5, 5.41) is 0. The first-order valence-electron chi connectivity index (χ1n) is 15.2. The van der Waals surface area contributed by atoms with Crippen LogP contribution in [0.15, 0.2) is 72.2 Å². The molecule has 0 amide bonds. The zero-order valence-corrected chi connectivity index (χ0v) is 27.9. The van der Waals surface area contributed by atoms with Crippen molar-refractivity contribution in [3.05, 3.63) is 94.4 Å². The molecule has 2 aromatic rings. The summed E-state index contributed by atoms with van der Waals surface area (Å²) in [6.07, 6.45) is -6.10. The van der Waals surface area contributed by atoms with Crippen LogP contribution in [-0.4, -0.2) is 50.0 Å². The lowest BCUT2D eigenvalue weighted by Gasteiger charge is -2.28. The molecule has 2 aliphatic heterocycles. The van der Waals surface area contributed by atoms with Gasteiger partial charge in [-0.3, -0.25) is 4.79 Å². The van der Waals surface area contributed by atoms with Gasteiger partial charge in [0.25, 0.3) is 0 Å². The Morgan fingerprint density at radius 3 is 2.04 bits per heavy atom. The highest BCUT2D eigenvalue weighted by atomic mass is 19.4. The first-order chi connectivity index (χ1) is 21.7. The molecule has 0 unspecified atom stereocenters. The third kappa shape index (κ3) is 6.77. The van der Waals surface area contributed by atoms with Crippen LogP contribution >= 0.6 is 0 Å². The van der Waals surface area contributed by atoms with Gasteiger partial charge in [0.05, 0.1) is 29.2 Å². The SMILES string of the molecule is C=C(OC)/C(=C\C1=[N+](CCOC)c2ccc(C(F)(F)F)cc2C1(C)C)C(=O)/C=C1\N(CC(C)C)c2ccc(C(F)(F)F)cc2C1(C)C.